The zero-order valence-electron chi connectivity index (χ0n) is 14.2. The number of anilines is 1. The minimum absolute atomic E-state index is 0.0676. The van der Waals surface area contributed by atoms with E-state index >= 15 is 0 Å². The standard InChI is InChI=1S/C19H20N2O3S/c1-3-24-19(23)18-12(2)10-17(25-18)21-16(22)9-8-13-11-20-15-7-5-4-6-14(13)15/h4-7,10-11,20H,3,8-9H2,1-2H3,(H,21,22). The second-order valence-corrected chi connectivity index (χ2v) is 6.80. The van der Waals surface area contributed by atoms with Crippen LogP contribution in [-0.4, -0.2) is 23.5 Å². The molecule has 2 N–H and O–H groups in total. The number of fused-ring (bicyclic) bond motifs is 1. The van der Waals surface area contributed by atoms with Crippen molar-refractivity contribution in [2.45, 2.75) is 26.7 Å². The molecule has 3 rings (SSSR count). The molecule has 0 spiro atoms. The van der Waals surface area contributed by atoms with E-state index in [-0.39, 0.29) is 11.9 Å². The molecule has 0 aliphatic carbocycles. The number of aromatic nitrogens is 1. The molecule has 0 atom stereocenters. The molecule has 0 saturated heterocycles. The fourth-order valence-corrected chi connectivity index (χ4v) is 3.71. The normalized spacial score (nSPS) is 10.8. The molecule has 25 heavy (non-hydrogen) atoms. The van der Waals surface area contributed by atoms with Gasteiger partial charge in [-0.25, -0.2) is 4.79 Å². The van der Waals surface area contributed by atoms with E-state index in [4.69, 9.17) is 4.74 Å². The summed E-state index contributed by atoms with van der Waals surface area (Å²) in [5.41, 5.74) is 3.02. The minimum atomic E-state index is -0.343. The van der Waals surface area contributed by atoms with Crippen LogP contribution in [0.4, 0.5) is 5.00 Å². The van der Waals surface area contributed by atoms with Gasteiger partial charge in [-0.05, 0) is 43.5 Å². The van der Waals surface area contributed by atoms with E-state index < -0.39 is 0 Å². The van der Waals surface area contributed by atoms with Crippen LogP contribution in [0.5, 0.6) is 0 Å². The van der Waals surface area contributed by atoms with Gasteiger partial charge >= 0.3 is 5.97 Å². The summed E-state index contributed by atoms with van der Waals surface area (Å²) in [6.07, 6.45) is 2.99. The van der Waals surface area contributed by atoms with Crippen molar-refractivity contribution in [1.82, 2.24) is 4.98 Å². The highest BCUT2D eigenvalue weighted by Crippen LogP contribution is 2.27. The van der Waals surface area contributed by atoms with E-state index in [9.17, 15) is 9.59 Å². The first-order valence-corrected chi connectivity index (χ1v) is 9.02. The molecule has 1 amide bonds. The van der Waals surface area contributed by atoms with Crippen molar-refractivity contribution in [1.29, 1.82) is 0 Å². The van der Waals surface area contributed by atoms with E-state index in [1.54, 1.807) is 13.0 Å². The second-order valence-electron chi connectivity index (χ2n) is 5.75. The quantitative estimate of drug-likeness (QED) is 0.647. The molecule has 0 fully saturated rings. The predicted octanol–water partition coefficient (Wildman–Crippen LogP) is 4.29. The number of benzene rings is 1. The van der Waals surface area contributed by atoms with Gasteiger partial charge in [0.2, 0.25) is 5.91 Å². The molecule has 2 heterocycles. The van der Waals surface area contributed by atoms with Crippen LogP contribution in [0, 0.1) is 6.92 Å². The fraction of sp³-hybridized carbons (Fsp3) is 0.263. The molecule has 3 aromatic rings. The molecule has 130 valence electrons. The third-order valence-electron chi connectivity index (χ3n) is 3.94. The Kier molecular flexibility index (Phi) is 5.19. The van der Waals surface area contributed by atoms with Gasteiger partial charge < -0.3 is 15.0 Å². The van der Waals surface area contributed by atoms with Crippen molar-refractivity contribution >= 4 is 39.1 Å². The van der Waals surface area contributed by atoms with Crippen molar-refractivity contribution in [3.05, 3.63) is 52.5 Å². The SMILES string of the molecule is CCOC(=O)c1sc(NC(=O)CCc2c[nH]c3ccccc23)cc1C. The Morgan fingerprint density at radius 2 is 2.08 bits per heavy atom. The Bertz CT molecular complexity index is 910. The highest BCUT2D eigenvalue weighted by molar-refractivity contribution is 7.18. The van der Waals surface area contributed by atoms with Gasteiger partial charge in [-0.3, -0.25) is 4.79 Å². The first kappa shape index (κ1) is 17.2. The molecular weight excluding hydrogens is 336 g/mol. The summed E-state index contributed by atoms with van der Waals surface area (Å²) >= 11 is 1.25. The summed E-state index contributed by atoms with van der Waals surface area (Å²) in [5.74, 6) is -0.411. The van der Waals surface area contributed by atoms with E-state index in [1.165, 1.54) is 11.3 Å². The van der Waals surface area contributed by atoms with Gasteiger partial charge in [0.25, 0.3) is 0 Å². The monoisotopic (exact) mass is 356 g/mol. The largest absolute Gasteiger partial charge is 0.462 e. The Morgan fingerprint density at radius 1 is 1.28 bits per heavy atom. The molecule has 0 radical (unpaired) electrons. The van der Waals surface area contributed by atoms with E-state index in [0.717, 1.165) is 22.0 Å². The molecule has 1 aromatic carbocycles. The van der Waals surface area contributed by atoms with Crippen molar-refractivity contribution in [2.75, 3.05) is 11.9 Å². The number of carbonyl (C=O) groups excluding carboxylic acids is 2. The molecule has 0 aliphatic rings. The number of ether oxygens (including phenoxy) is 1. The fourth-order valence-electron chi connectivity index (χ4n) is 2.73. The Hall–Kier alpha value is -2.60. The zero-order valence-corrected chi connectivity index (χ0v) is 15.0. The van der Waals surface area contributed by atoms with Crippen LogP contribution in [0.1, 0.15) is 34.1 Å². The smallest absolute Gasteiger partial charge is 0.348 e. The summed E-state index contributed by atoms with van der Waals surface area (Å²) in [5, 5.41) is 4.69. The number of para-hydroxylation sites is 1. The summed E-state index contributed by atoms with van der Waals surface area (Å²) in [7, 11) is 0. The first-order valence-electron chi connectivity index (χ1n) is 8.21. The highest BCUT2D eigenvalue weighted by atomic mass is 32.1. The second kappa shape index (κ2) is 7.53. The van der Waals surface area contributed by atoms with Gasteiger partial charge in [-0.1, -0.05) is 18.2 Å². The van der Waals surface area contributed by atoms with Crippen LogP contribution < -0.4 is 5.32 Å². The molecule has 0 unspecified atom stereocenters. The Morgan fingerprint density at radius 3 is 2.88 bits per heavy atom. The summed E-state index contributed by atoms with van der Waals surface area (Å²) in [4.78, 5) is 27.8. The molecular formula is C19H20N2O3S. The van der Waals surface area contributed by atoms with Crippen LogP contribution in [-0.2, 0) is 16.0 Å². The minimum Gasteiger partial charge on any atom is -0.462 e. The highest BCUT2D eigenvalue weighted by Gasteiger charge is 2.16. The Labute approximate surface area is 150 Å². The number of rotatable bonds is 6. The van der Waals surface area contributed by atoms with Gasteiger partial charge in [0.15, 0.2) is 0 Å². The van der Waals surface area contributed by atoms with Crippen LogP contribution >= 0.6 is 11.3 Å². The maximum atomic E-state index is 12.2. The summed E-state index contributed by atoms with van der Waals surface area (Å²) < 4.78 is 5.02. The number of thiophene rings is 1. The average Bonchev–Trinajstić information content (AvgIpc) is 3.16. The van der Waals surface area contributed by atoms with Crippen LogP contribution in [0.3, 0.4) is 0 Å². The number of nitrogens with one attached hydrogen (secondary N) is 2. The number of aromatic amines is 1. The lowest BCUT2D eigenvalue weighted by Gasteiger charge is -2.02. The molecule has 0 aliphatic heterocycles. The summed E-state index contributed by atoms with van der Waals surface area (Å²) in [6, 6.07) is 9.85. The maximum absolute atomic E-state index is 12.2. The van der Waals surface area contributed by atoms with Crippen molar-refractivity contribution in [3.63, 3.8) is 0 Å². The van der Waals surface area contributed by atoms with Crippen molar-refractivity contribution < 1.29 is 14.3 Å². The van der Waals surface area contributed by atoms with E-state index in [2.05, 4.69) is 10.3 Å². The predicted molar refractivity (Wildman–Crippen MR) is 100 cm³/mol. The van der Waals surface area contributed by atoms with Crippen LogP contribution in [0.25, 0.3) is 10.9 Å². The Balaban J connectivity index is 1.61. The lowest BCUT2D eigenvalue weighted by Crippen LogP contribution is -2.11. The van der Waals surface area contributed by atoms with Crippen LogP contribution in [0.15, 0.2) is 36.5 Å². The van der Waals surface area contributed by atoms with Gasteiger partial charge in [-0.15, -0.1) is 11.3 Å². The molecule has 2 aromatic heterocycles. The molecule has 5 nitrogen and oxygen atoms in total. The molecule has 0 saturated carbocycles. The van der Waals surface area contributed by atoms with E-state index in [1.807, 2.05) is 37.4 Å². The number of H-pyrrole nitrogens is 1. The lowest BCUT2D eigenvalue weighted by molar-refractivity contribution is -0.116. The molecule has 0 bridgehead atoms. The first-order chi connectivity index (χ1) is 12.1. The van der Waals surface area contributed by atoms with Crippen molar-refractivity contribution in [2.24, 2.45) is 0 Å². The number of hydrogen-bond donors (Lipinski definition) is 2. The van der Waals surface area contributed by atoms with Gasteiger partial charge in [0.1, 0.15) is 4.88 Å². The third-order valence-corrected chi connectivity index (χ3v) is 5.07. The van der Waals surface area contributed by atoms with Crippen LogP contribution in [0.2, 0.25) is 0 Å². The lowest BCUT2D eigenvalue weighted by atomic mass is 10.1. The number of amides is 1. The number of aryl methyl sites for hydroxylation is 2. The average molecular weight is 356 g/mol. The number of hydrogen-bond acceptors (Lipinski definition) is 4. The zero-order chi connectivity index (χ0) is 17.8. The molecule has 6 heteroatoms. The van der Waals surface area contributed by atoms with Gasteiger partial charge in [-0.2, -0.15) is 0 Å². The van der Waals surface area contributed by atoms with Gasteiger partial charge in [0, 0.05) is 23.5 Å². The topological polar surface area (TPSA) is 71.2 Å². The number of carbonyl (C=O) groups is 2. The summed E-state index contributed by atoms with van der Waals surface area (Å²) in [6.45, 7) is 3.95. The third kappa shape index (κ3) is 3.91. The van der Waals surface area contributed by atoms with Crippen molar-refractivity contribution in [3.8, 4) is 0 Å². The maximum Gasteiger partial charge on any atom is 0.348 e. The van der Waals surface area contributed by atoms with Gasteiger partial charge in [0.05, 0.1) is 11.6 Å². The number of esters is 1. The van der Waals surface area contributed by atoms with E-state index in [0.29, 0.717) is 29.3 Å².